The minimum Gasteiger partial charge on any atom is -0.355 e. The first-order valence-electron chi connectivity index (χ1n) is 12.3. The predicted molar refractivity (Wildman–Crippen MR) is 139 cm³/mol. The summed E-state index contributed by atoms with van der Waals surface area (Å²) in [6.07, 6.45) is 1.43. The Kier molecular flexibility index (Phi) is 7.30. The molecule has 4 aromatic rings. The molecule has 1 N–H and O–H groups in total. The molecule has 9 heteroatoms. The summed E-state index contributed by atoms with van der Waals surface area (Å²) in [4.78, 5) is 27.1. The van der Waals surface area contributed by atoms with Crippen molar-refractivity contribution in [2.24, 2.45) is 5.92 Å². The van der Waals surface area contributed by atoms with Gasteiger partial charge in [-0.1, -0.05) is 30.3 Å². The number of nitrogens with one attached hydrogen (secondary N) is 1. The van der Waals surface area contributed by atoms with Gasteiger partial charge in [-0.15, -0.1) is 10.2 Å². The van der Waals surface area contributed by atoms with Crippen LogP contribution in [0.25, 0.3) is 22.5 Å². The van der Waals surface area contributed by atoms with Gasteiger partial charge < -0.3 is 10.2 Å². The lowest BCUT2D eigenvalue weighted by Crippen LogP contribution is -2.42. The molecule has 1 aliphatic rings. The maximum absolute atomic E-state index is 13.2. The van der Waals surface area contributed by atoms with Gasteiger partial charge in [0.2, 0.25) is 5.91 Å². The smallest absolute Gasteiger partial charge is 0.266 e. The zero-order valence-corrected chi connectivity index (χ0v) is 20.3. The van der Waals surface area contributed by atoms with Crippen molar-refractivity contribution in [2.45, 2.75) is 19.4 Å². The third-order valence-corrected chi connectivity index (χ3v) is 6.54. The van der Waals surface area contributed by atoms with E-state index in [1.165, 1.54) is 22.9 Å². The van der Waals surface area contributed by atoms with Gasteiger partial charge in [-0.3, -0.25) is 9.59 Å². The van der Waals surface area contributed by atoms with Gasteiger partial charge in [-0.2, -0.15) is 5.10 Å². The molecule has 1 amide bonds. The van der Waals surface area contributed by atoms with Crippen molar-refractivity contribution in [3.8, 4) is 22.5 Å². The van der Waals surface area contributed by atoms with Gasteiger partial charge in [0.1, 0.15) is 5.82 Å². The molecule has 1 aliphatic heterocycles. The topological polar surface area (TPSA) is 93.0 Å². The first kappa shape index (κ1) is 24.3. The Balaban J connectivity index is 1.11. The van der Waals surface area contributed by atoms with Gasteiger partial charge in [0.25, 0.3) is 5.56 Å². The standard InChI is InChI=1S/C28H27FN6O2/c29-23-8-6-21(7-9-23)25-11-13-27(36)35(33-25)19-16-30-28(37)22-14-17-34(18-15-22)26-12-10-24(31-32-26)20-4-2-1-3-5-20/h1-13,22H,14-19H2,(H,30,37). The van der Waals surface area contributed by atoms with Crippen molar-refractivity contribution in [1.82, 2.24) is 25.3 Å². The highest BCUT2D eigenvalue weighted by atomic mass is 19.1. The molecule has 0 unspecified atom stereocenters. The largest absolute Gasteiger partial charge is 0.355 e. The van der Waals surface area contributed by atoms with Crippen molar-refractivity contribution < 1.29 is 9.18 Å². The molecular weight excluding hydrogens is 471 g/mol. The van der Waals surface area contributed by atoms with Gasteiger partial charge in [-0.05, 0) is 55.3 Å². The SMILES string of the molecule is O=C(NCCn1nc(-c2ccc(F)cc2)ccc1=O)C1CCN(c2ccc(-c3ccccc3)nn2)CC1. The fourth-order valence-electron chi connectivity index (χ4n) is 4.44. The van der Waals surface area contributed by atoms with E-state index in [1.54, 1.807) is 18.2 Å². The number of nitrogens with zero attached hydrogens (tertiary/aromatic N) is 5. The molecule has 0 saturated carbocycles. The molecule has 2 aromatic heterocycles. The van der Waals surface area contributed by atoms with E-state index >= 15 is 0 Å². The van der Waals surface area contributed by atoms with E-state index in [9.17, 15) is 14.0 Å². The number of anilines is 1. The second-order valence-corrected chi connectivity index (χ2v) is 8.98. The Labute approximate surface area is 213 Å². The molecule has 1 fully saturated rings. The summed E-state index contributed by atoms with van der Waals surface area (Å²) in [5.41, 5.74) is 2.88. The fraction of sp³-hybridized carbons (Fsp3) is 0.250. The summed E-state index contributed by atoms with van der Waals surface area (Å²) < 4.78 is 14.5. The number of hydrogen-bond donors (Lipinski definition) is 1. The summed E-state index contributed by atoms with van der Waals surface area (Å²) in [7, 11) is 0. The highest BCUT2D eigenvalue weighted by Crippen LogP contribution is 2.23. The Bertz CT molecular complexity index is 1400. The number of rotatable bonds is 7. The number of piperidine rings is 1. The van der Waals surface area contributed by atoms with Crippen LogP contribution in [0.1, 0.15) is 12.8 Å². The molecular formula is C28H27FN6O2. The van der Waals surface area contributed by atoms with Crippen molar-refractivity contribution in [3.05, 3.63) is 95.0 Å². The van der Waals surface area contributed by atoms with Gasteiger partial charge in [0, 0.05) is 42.7 Å². The molecule has 37 heavy (non-hydrogen) atoms. The second kappa shape index (κ2) is 11.1. The number of halogens is 1. The fourth-order valence-corrected chi connectivity index (χ4v) is 4.44. The molecule has 0 aliphatic carbocycles. The van der Waals surface area contributed by atoms with Crippen molar-refractivity contribution in [1.29, 1.82) is 0 Å². The average Bonchev–Trinajstić information content (AvgIpc) is 2.95. The van der Waals surface area contributed by atoms with E-state index in [-0.39, 0.29) is 29.7 Å². The van der Waals surface area contributed by atoms with Crippen molar-refractivity contribution >= 4 is 11.7 Å². The summed E-state index contributed by atoms with van der Waals surface area (Å²) in [5, 5.41) is 16.1. The number of carbonyl (C=O) groups excluding carboxylic acids is 1. The van der Waals surface area contributed by atoms with Crippen LogP contribution in [0, 0.1) is 11.7 Å². The number of benzene rings is 2. The third-order valence-electron chi connectivity index (χ3n) is 6.54. The number of aromatic nitrogens is 4. The second-order valence-electron chi connectivity index (χ2n) is 8.98. The van der Waals surface area contributed by atoms with Crippen LogP contribution in [-0.4, -0.2) is 45.5 Å². The summed E-state index contributed by atoms with van der Waals surface area (Å²) in [6.45, 7) is 1.99. The van der Waals surface area contributed by atoms with Gasteiger partial charge in [0.05, 0.1) is 17.9 Å². The van der Waals surface area contributed by atoms with Crippen LogP contribution in [0.2, 0.25) is 0 Å². The van der Waals surface area contributed by atoms with Crippen LogP contribution in [0.4, 0.5) is 10.2 Å². The van der Waals surface area contributed by atoms with E-state index in [2.05, 4.69) is 25.5 Å². The van der Waals surface area contributed by atoms with E-state index in [0.717, 1.165) is 30.2 Å². The number of amides is 1. The van der Waals surface area contributed by atoms with Crippen molar-refractivity contribution in [2.75, 3.05) is 24.5 Å². The van der Waals surface area contributed by atoms with Crippen LogP contribution < -0.4 is 15.8 Å². The monoisotopic (exact) mass is 498 g/mol. The number of hydrogen-bond acceptors (Lipinski definition) is 6. The molecule has 2 aromatic carbocycles. The third kappa shape index (κ3) is 5.88. The van der Waals surface area contributed by atoms with Crippen LogP contribution in [0.15, 0.2) is 83.7 Å². The first-order chi connectivity index (χ1) is 18.1. The quantitative estimate of drug-likeness (QED) is 0.419. The maximum atomic E-state index is 13.2. The lowest BCUT2D eigenvalue weighted by atomic mass is 9.96. The average molecular weight is 499 g/mol. The van der Waals surface area contributed by atoms with Gasteiger partial charge in [0.15, 0.2) is 5.82 Å². The highest BCUT2D eigenvalue weighted by Gasteiger charge is 2.25. The summed E-state index contributed by atoms with van der Waals surface area (Å²) >= 11 is 0. The maximum Gasteiger partial charge on any atom is 0.266 e. The first-order valence-corrected chi connectivity index (χ1v) is 12.3. The zero-order valence-electron chi connectivity index (χ0n) is 20.3. The molecule has 0 radical (unpaired) electrons. The van der Waals surface area contributed by atoms with Crippen molar-refractivity contribution in [3.63, 3.8) is 0 Å². The highest BCUT2D eigenvalue weighted by molar-refractivity contribution is 5.79. The summed E-state index contributed by atoms with van der Waals surface area (Å²) in [5.74, 6) is 0.362. The zero-order chi connectivity index (χ0) is 25.6. The molecule has 0 spiro atoms. The molecule has 0 bridgehead atoms. The van der Waals surface area contributed by atoms with E-state index < -0.39 is 0 Å². The summed E-state index contributed by atoms with van der Waals surface area (Å²) in [6, 6.07) is 22.8. The lowest BCUT2D eigenvalue weighted by Gasteiger charge is -2.31. The van der Waals surface area contributed by atoms with E-state index in [1.807, 2.05) is 42.5 Å². The molecule has 5 rings (SSSR count). The van der Waals surface area contributed by atoms with Crippen LogP contribution in [-0.2, 0) is 11.3 Å². The molecule has 1 saturated heterocycles. The van der Waals surface area contributed by atoms with Crippen LogP contribution in [0.5, 0.6) is 0 Å². The normalized spacial score (nSPS) is 13.9. The van der Waals surface area contributed by atoms with E-state index in [4.69, 9.17) is 0 Å². The molecule has 8 nitrogen and oxygen atoms in total. The predicted octanol–water partition coefficient (Wildman–Crippen LogP) is 3.54. The number of carbonyl (C=O) groups is 1. The Morgan fingerprint density at radius 2 is 1.57 bits per heavy atom. The molecule has 188 valence electrons. The minimum absolute atomic E-state index is 0.0205. The van der Waals surface area contributed by atoms with E-state index in [0.29, 0.717) is 30.6 Å². The Morgan fingerprint density at radius 3 is 2.27 bits per heavy atom. The Hall–Kier alpha value is -4.40. The van der Waals surface area contributed by atoms with Gasteiger partial charge >= 0.3 is 0 Å². The molecule has 3 heterocycles. The van der Waals surface area contributed by atoms with Gasteiger partial charge in [-0.25, -0.2) is 9.07 Å². The Morgan fingerprint density at radius 1 is 0.865 bits per heavy atom. The van der Waals surface area contributed by atoms with Crippen LogP contribution in [0.3, 0.4) is 0 Å². The minimum atomic E-state index is -0.334. The lowest BCUT2D eigenvalue weighted by molar-refractivity contribution is -0.125. The molecule has 0 atom stereocenters. The van der Waals surface area contributed by atoms with Crippen LogP contribution >= 0.6 is 0 Å².